The highest BCUT2D eigenvalue weighted by Crippen LogP contribution is 2.27. The van der Waals surface area contributed by atoms with Crippen molar-refractivity contribution in [2.24, 2.45) is 10.2 Å². The first-order valence-electron chi connectivity index (χ1n) is 5.21. The van der Waals surface area contributed by atoms with Crippen molar-refractivity contribution in [3.05, 3.63) is 29.3 Å². The van der Waals surface area contributed by atoms with Crippen LogP contribution in [-0.4, -0.2) is 5.10 Å². The summed E-state index contributed by atoms with van der Waals surface area (Å²) >= 11 is 0. The van der Waals surface area contributed by atoms with E-state index in [1.165, 1.54) is 5.56 Å². The molecule has 0 aliphatic rings. The molecule has 0 aliphatic heterocycles. The van der Waals surface area contributed by atoms with Gasteiger partial charge < -0.3 is 5.73 Å². The minimum atomic E-state index is 0.371. The van der Waals surface area contributed by atoms with Gasteiger partial charge in [0.1, 0.15) is 0 Å². The number of nitrogen functional groups attached to an aromatic ring is 2. The summed E-state index contributed by atoms with van der Waals surface area (Å²) in [6, 6.07) is 5.94. The maximum Gasteiger partial charge on any atom is 0.320 e. The maximum absolute atomic E-state index is 5.65. The Morgan fingerprint density at radius 1 is 1.18 bits per heavy atom. The van der Waals surface area contributed by atoms with Crippen molar-refractivity contribution in [2.45, 2.75) is 13.8 Å². The normalized spacial score (nSPS) is 11.2. The SMILES string of the molecule is Cc1ccc(N=Nc2c(N)[nH][nH+]c2N)c(C)c1. The smallest absolute Gasteiger partial charge is 0.320 e. The van der Waals surface area contributed by atoms with Crippen molar-refractivity contribution < 1.29 is 5.10 Å². The van der Waals surface area contributed by atoms with Crippen molar-refractivity contribution in [2.75, 3.05) is 11.5 Å². The Bertz CT molecular complexity index is 550. The summed E-state index contributed by atoms with van der Waals surface area (Å²) in [5, 5.41) is 13.5. The quantitative estimate of drug-likeness (QED) is 0.687. The Morgan fingerprint density at radius 2 is 1.94 bits per heavy atom. The fourth-order valence-corrected chi connectivity index (χ4v) is 1.53. The molecule has 17 heavy (non-hydrogen) atoms. The topological polar surface area (TPSA) is 107 Å². The molecule has 0 aliphatic carbocycles. The van der Waals surface area contributed by atoms with E-state index in [4.69, 9.17) is 11.5 Å². The molecule has 88 valence electrons. The van der Waals surface area contributed by atoms with Gasteiger partial charge in [0.05, 0.1) is 5.69 Å². The average Bonchev–Trinajstić information content (AvgIpc) is 2.58. The molecule has 0 radical (unpaired) electrons. The van der Waals surface area contributed by atoms with Crippen molar-refractivity contribution in [3.63, 3.8) is 0 Å². The molecule has 0 fully saturated rings. The lowest BCUT2D eigenvalue weighted by molar-refractivity contribution is -0.431. The molecule has 0 unspecified atom stereocenters. The molecule has 6 heteroatoms. The van der Waals surface area contributed by atoms with Crippen LogP contribution < -0.4 is 16.6 Å². The number of hydrogen-bond acceptors (Lipinski definition) is 4. The number of hydrogen-bond donors (Lipinski definition) is 3. The first-order valence-corrected chi connectivity index (χ1v) is 5.21. The minimum absolute atomic E-state index is 0.371. The standard InChI is InChI=1S/C11H14N6/c1-6-3-4-8(7(2)5-6)14-15-9-10(12)16-17-11(9)13/h3-5H,1-2H3,(H5,12,13,16,17)/p+1. The van der Waals surface area contributed by atoms with E-state index in [9.17, 15) is 0 Å². The van der Waals surface area contributed by atoms with Gasteiger partial charge in [-0.3, -0.25) is 5.73 Å². The summed E-state index contributed by atoms with van der Waals surface area (Å²) in [5.74, 6) is 0.743. The van der Waals surface area contributed by atoms with Crippen LogP contribution in [0.4, 0.5) is 23.0 Å². The van der Waals surface area contributed by atoms with E-state index in [1.54, 1.807) is 0 Å². The van der Waals surface area contributed by atoms with E-state index in [0.717, 1.165) is 11.3 Å². The Morgan fingerprint density at radius 3 is 2.53 bits per heavy atom. The second kappa shape index (κ2) is 4.25. The van der Waals surface area contributed by atoms with Gasteiger partial charge in [-0.1, -0.05) is 17.7 Å². The summed E-state index contributed by atoms with van der Waals surface area (Å²) in [6.45, 7) is 4.02. The Hall–Kier alpha value is -2.37. The van der Waals surface area contributed by atoms with Gasteiger partial charge in [0.25, 0.3) is 0 Å². The van der Waals surface area contributed by atoms with Gasteiger partial charge in [0.2, 0.25) is 5.69 Å². The van der Waals surface area contributed by atoms with Crippen molar-refractivity contribution in [1.29, 1.82) is 0 Å². The van der Waals surface area contributed by atoms with Gasteiger partial charge in [-0.15, -0.1) is 10.2 Å². The first-order chi connectivity index (χ1) is 8.08. The number of aryl methyl sites for hydroxylation is 2. The van der Waals surface area contributed by atoms with Gasteiger partial charge >= 0.3 is 5.82 Å². The lowest BCUT2D eigenvalue weighted by Crippen LogP contribution is -2.07. The van der Waals surface area contributed by atoms with Crippen LogP contribution in [0.1, 0.15) is 11.1 Å². The van der Waals surface area contributed by atoms with Crippen molar-refractivity contribution in [3.8, 4) is 0 Å². The number of nitrogens with two attached hydrogens (primary N) is 2. The highest BCUT2D eigenvalue weighted by molar-refractivity contribution is 5.67. The van der Waals surface area contributed by atoms with Crippen LogP contribution in [0.2, 0.25) is 0 Å². The largest absolute Gasteiger partial charge is 0.381 e. The monoisotopic (exact) mass is 231 g/mol. The molecular formula is C11H15N6+. The van der Waals surface area contributed by atoms with E-state index in [1.807, 2.05) is 32.0 Å². The fraction of sp³-hybridized carbons (Fsp3) is 0.182. The average molecular weight is 231 g/mol. The van der Waals surface area contributed by atoms with Crippen molar-refractivity contribution >= 4 is 23.0 Å². The van der Waals surface area contributed by atoms with Gasteiger partial charge in [0.15, 0.2) is 5.82 Å². The zero-order valence-corrected chi connectivity index (χ0v) is 9.78. The van der Waals surface area contributed by atoms with E-state index in [0.29, 0.717) is 17.3 Å². The molecule has 0 amide bonds. The zero-order valence-electron chi connectivity index (χ0n) is 9.78. The zero-order chi connectivity index (χ0) is 12.4. The number of anilines is 2. The van der Waals surface area contributed by atoms with E-state index in [-0.39, 0.29) is 0 Å². The summed E-state index contributed by atoms with van der Waals surface area (Å²) in [7, 11) is 0. The van der Waals surface area contributed by atoms with Gasteiger partial charge in [0, 0.05) is 0 Å². The molecule has 0 saturated carbocycles. The predicted molar refractivity (Wildman–Crippen MR) is 66.3 cm³/mol. The van der Waals surface area contributed by atoms with Gasteiger partial charge in [-0.25, -0.2) is 5.10 Å². The highest BCUT2D eigenvalue weighted by Gasteiger charge is 2.11. The number of H-pyrrole nitrogens is 2. The van der Waals surface area contributed by atoms with Crippen LogP contribution >= 0.6 is 0 Å². The number of aromatic nitrogens is 2. The molecule has 1 aromatic heterocycles. The molecule has 1 heterocycles. The lowest BCUT2D eigenvalue weighted by Gasteiger charge is -1.99. The Kier molecular flexibility index (Phi) is 2.78. The summed E-state index contributed by atoms with van der Waals surface area (Å²) in [4.78, 5) is 0. The summed E-state index contributed by atoms with van der Waals surface area (Å²) in [5.41, 5.74) is 14.8. The molecule has 2 rings (SSSR count). The molecule has 6 nitrogen and oxygen atoms in total. The third-order valence-corrected chi connectivity index (χ3v) is 2.45. The van der Waals surface area contributed by atoms with Crippen LogP contribution in [-0.2, 0) is 0 Å². The summed E-state index contributed by atoms with van der Waals surface area (Å²) < 4.78 is 0. The molecular weight excluding hydrogens is 216 g/mol. The van der Waals surface area contributed by atoms with Gasteiger partial charge in [-0.2, -0.15) is 5.10 Å². The number of azo groups is 1. The van der Waals surface area contributed by atoms with Crippen molar-refractivity contribution in [1.82, 2.24) is 5.10 Å². The number of nitrogens with one attached hydrogen (secondary N) is 2. The van der Waals surface area contributed by atoms with Crippen LogP contribution in [0.15, 0.2) is 28.4 Å². The maximum atomic E-state index is 5.65. The Labute approximate surface area is 98.7 Å². The number of aromatic amines is 2. The predicted octanol–water partition coefficient (Wildman–Crippen LogP) is 2.03. The van der Waals surface area contributed by atoms with Crippen LogP contribution in [0.3, 0.4) is 0 Å². The molecule has 0 saturated heterocycles. The highest BCUT2D eigenvalue weighted by atomic mass is 15.2. The van der Waals surface area contributed by atoms with E-state index in [2.05, 4.69) is 20.4 Å². The van der Waals surface area contributed by atoms with Crippen LogP contribution in [0.25, 0.3) is 0 Å². The second-order valence-corrected chi connectivity index (χ2v) is 3.92. The molecule has 2 aromatic rings. The number of benzene rings is 1. The third-order valence-electron chi connectivity index (χ3n) is 2.45. The van der Waals surface area contributed by atoms with E-state index < -0.39 is 0 Å². The molecule has 0 spiro atoms. The number of nitrogens with zero attached hydrogens (tertiary/aromatic N) is 2. The first kappa shape index (κ1) is 11.1. The Balaban J connectivity index is 2.32. The number of rotatable bonds is 2. The lowest BCUT2D eigenvalue weighted by atomic mass is 10.1. The van der Waals surface area contributed by atoms with Crippen LogP contribution in [0.5, 0.6) is 0 Å². The third kappa shape index (κ3) is 2.25. The second-order valence-electron chi connectivity index (χ2n) is 3.92. The fourth-order valence-electron chi connectivity index (χ4n) is 1.53. The molecule has 6 N–H and O–H groups in total. The van der Waals surface area contributed by atoms with E-state index >= 15 is 0 Å². The van der Waals surface area contributed by atoms with Gasteiger partial charge in [-0.05, 0) is 25.5 Å². The molecule has 1 aromatic carbocycles. The molecule has 0 atom stereocenters. The molecule has 0 bridgehead atoms. The minimum Gasteiger partial charge on any atom is -0.381 e. The van der Waals surface area contributed by atoms with Crippen LogP contribution in [0, 0.1) is 13.8 Å². The summed E-state index contributed by atoms with van der Waals surface area (Å²) in [6.07, 6.45) is 0.